The summed E-state index contributed by atoms with van der Waals surface area (Å²) in [5.41, 5.74) is 7.88. The molecule has 0 spiro atoms. The van der Waals surface area contributed by atoms with Gasteiger partial charge in [-0.15, -0.1) is 0 Å². The molecule has 0 aliphatic heterocycles. The van der Waals surface area contributed by atoms with E-state index in [0.717, 1.165) is 11.3 Å². The summed E-state index contributed by atoms with van der Waals surface area (Å²) in [4.78, 5) is 4.02. The molecule has 1 aromatic carbocycles. The first-order chi connectivity index (χ1) is 8.09. The molecule has 0 radical (unpaired) electrons. The van der Waals surface area contributed by atoms with Gasteiger partial charge in [-0.3, -0.25) is 0 Å². The number of nitrogens with two attached hydrogens (primary N) is 1. The fourth-order valence-corrected chi connectivity index (χ4v) is 2.20. The van der Waals surface area contributed by atoms with Crippen molar-refractivity contribution in [1.82, 2.24) is 9.55 Å². The summed E-state index contributed by atoms with van der Waals surface area (Å²) in [6, 6.07) is 4.78. The van der Waals surface area contributed by atoms with Gasteiger partial charge in [0.25, 0.3) is 0 Å². The van der Waals surface area contributed by atoms with Crippen LogP contribution in [-0.2, 0) is 13.5 Å². The Hall–Kier alpha value is -1.20. The van der Waals surface area contributed by atoms with E-state index in [4.69, 9.17) is 5.73 Å². The summed E-state index contributed by atoms with van der Waals surface area (Å²) in [6.07, 6.45) is 4.01. The highest BCUT2D eigenvalue weighted by atomic mass is 79.9. The lowest BCUT2D eigenvalue weighted by atomic mass is 10.0. The molecule has 2 aromatic rings. The number of halogens is 2. The van der Waals surface area contributed by atoms with Gasteiger partial charge < -0.3 is 10.3 Å². The monoisotopic (exact) mass is 297 g/mol. The number of benzene rings is 1. The molecule has 0 saturated heterocycles. The van der Waals surface area contributed by atoms with E-state index >= 15 is 0 Å². The van der Waals surface area contributed by atoms with Crippen LogP contribution in [0.15, 0.2) is 35.2 Å². The van der Waals surface area contributed by atoms with Gasteiger partial charge in [0.15, 0.2) is 0 Å². The van der Waals surface area contributed by atoms with Crippen molar-refractivity contribution in [2.24, 2.45) is 12.8 Å². The Labute approximate surface area is 108 Å². The van der Waals surface area contributed by atoms with Crippen LogP contribution in [0.3, 0.4) is 0 Å². The van der Waals surface area contributed by atoms with Gasteiger partial charge >= 0.3 is 0 Å². The molecule has 1 heterocycles. The number of nitrogens with zero attached hydrogens (tertiary/aromatic N) is 2. The summed E-state index contributed by atoms with van der Waals surface area (Å²) in [5, 5.41) is 0. The predicted molar refractivity (Wildman–Crippen MR) is 67.9 cm³/mol. The van der Waals surface area contributed by atoms with Crippen LogP contribution in [0.1, 0.15) is 17.3 Å². The smallest absolute Gasteiger partial charge is 0.137 e. The third-order valence-corrected chi connectivity index (χ3v) is 3.59. The normalized spacial score (nSPS) is 12.7. The number of aryl methyl sites for hydroxylation is 1. The quantitative estimate of drug-likeness (QED) is 0.946. The first-order valence-corrected chi connectivity index (χ1v) is 6.03. The molecular weight excluding hydrogens is 285 g/mol. The van der Waals surface area contributed by atoms with Crippen LogP contribution < -0.4 is 5.73 Å². The van der Waals surface area contributed by atoms with Crippen LogP contribution in [0.25, 0.3) is 0 Å². The van der Waals surface area contributed by atoms with E-state index in [0.29, 0.717) is 10.9 Å². The fraction of sp³-hybridized carbons (Fsp3) is 0.250. The van der Waals surface area contributed by atoms with Crippen LogP contribution in [0.2, 0.25) is 0 Å². The first kappa shape index (κ1) is 12.3. The average molecular weight is 298 g/mol. The minimum absolute atomic E-state index is 0.194. The van der Waals surface area contributed by atoms with Crippen LogP contribution in [0.5, 0.6) is 0 Å². The summed E-state index contributed by atoms with van der Waals surface area (Å²) in [7, 11) is 1.89. The van der Waals surface area contributed by atoms with E-state index in [1.807, 2.05) is 17.7 Å². The molecule has 1 atom stereocenters. The molecule has 17 heavy (non-hydrogen) atoms. The minimum Gasteiger partial charge on any atom is -0.336 e. The van der Waals surface area contributed by atoms with Gasteiger partial charge in [-0.1, -0.05) is 12.1 Å². The molecular formula is C12H13BrFN3. The predicted octanol–water partition coefficient (Wildman–Crippen LogP) is 2.56. The maximum absolute atomic E-state index is 13.3. The molecule has 3 nitrogen and oxygen atoms in total. The highest BCUT2D eigenvalue weighted by Gasteiger charge is 2.13. The maximum atomic E-state index is 13.3. The summed E-state index contributed by atoms with van der Waals surface area (Å²) < 4.78 is 15.7. The largest absolute Gasteiger partial charge is 0.336 e. The second-order valence-electron chi connectivity index (χ2n) is 3.95. The molecule has 1 aromatic heterocycles. The fourth-order valence-electron chi connectivity index (χ4n) is 1.77. The Morgan fingerprint density at radius 1 is 1.53 bits per heavy atom. The molecule has 2 rings (SSSR count). The zero-order chi connectivity index (χ0) is 12.4. The van der Waals surface area contributed by atoms with Gasteiger partial charge in [0.05, 0.1) is 22.5 Å². The number of hydrogen-bond donors (Lipinski definition) is 1. The molecule has 0 aliphatic carbocycles. The number of imidazole rings is 1. The van der Waals surface area contributed by atoms with Crippen LogP contribution >= 0.6 is 15.9 Å². The third kappa shape index (κ3) is 2.56. The Kier molecular flexibility index (Phi) is 3.59. The Bertz CT molecular complexity index is 524. The Balaban J connectivity index is 2.22. The van der Waals surface area contributed by atoms with Crippen LogP contribution in [0, 0.1) is 5.82 Å². The summed E-state index contributed by atoms with van der Waals surface area (Å²) in [5.74, 6) is -0.264. The highest BCUT2D eigenvalue weighted by molar-refractivity contribution is 9.10. The number of aromatic nitrogens is 2. The van der Waals surface area contributed by atoms with E-state index in [1.165, 1.54) is 6.07 Å². The third-order valence-electron chi connectivity index (χ3n) is 2.71. The van der Waals surface area contributed by atoms with Crippen molar-refractivity contribution in [3.8, 4) is 0 Å². The van der Waals surface area contributed by atoms with Crippen molar-refractivity contribution in [2.75, 3.05) is 0 Å². The van der Waals surface area contributed by atoms with Gasteiger partial charge in [-0.2, -0.15) is 0 Å². The molecule has 5 heteroatoms. The summed E-state index contributed by atoms with van der Waals surface area (Å²) in [6.45, 7) is 0. The second-order valence-corrected chi connectivity index (χ2v) is 4.75. The zero-order valence-electron chi connectivity index (χ0n) is 9.40. The molecule has 0 aliphatic rings. The van der Waals surface area contributed by atoms with Gasteiger partial charge in [0, 0.05) is 13.2 Å². The Morgan fingerprint density at radius 3 is 2.94 bits per heavy atom. The molecule has 0 bridgehead atoms. The molecule has 0 fully saturated rings. The molecule has 0 saturated carbocycles. The van der Waals surface area contributed by atoms with E-state index < -0.39 is 0 Å². The molecule has 2 N–H and O–H groups in total. The van der Waals surface area contributed by atoms with E-state index in [9.17, 15) is 4.39 Å². The lowest BCUT2D eigenvalue weighted by Gasteiger charge is -2.13. The standard InChI is InChI=1S/C12H13BrFN3/c1-17-7-16-6-11(17)10(15)5-8-3-2-4-9(14)12(8)13/h2-4,6-7,10H,5,15H2,1H3. The average Bonchev–Trinajstić information content (AvgIpc) is 2.71. The van der Waals surface area contributed by atoms with Crippen LogP contribution in [-0.4, -0.2) is 9.55 Å². The topological polar surface area (TPSA) is 43.8 Å². The van der Waals surface area contributed by atoms with Crippen LogP contribution in [0.4, 0.5) is 4.39 Å². The molecule has 1 unspecified atom stereocenters. The van der Waals surface area contributed by atoms with E-state index in [1.54, 1.807) is 18.6 Å². The molecule has 0 amide bonds. The van der Waals surface area contributed by atoms with Gasteiger partial charge in [-0.25, -0.2) is 9.37 Å². The Morgan fingerprint density at radius 2 is 2.29 bits per heavy atom. The van der Waals surface area contributed by atoms with Crippen molar-refractivity contribution < 1.29 is 4.39 Å². The van der Waals surface area contributed by atoms with Crippen molar-refractivity contribution in [3.05, 3.63) is 52.3 Å². The first-order valence-electron chi connectivity index (χ1n) is 5.24. The van der Waals surface area contributed by atoms with Gasteiger partial charge in [0.1, 0.15) is 5.82 Å². The van der Waals surface area contributed by atoms with Gasteiger partial charge in [0.2, 0.25) is 0 Å². The maximum Gasteiger partial charge on any atom is 0.137 e. The lowest BCUT2D eigenvalue weighted by Crippen LogP contribution is -2.16. The van der Waals surface area contributed by atoms with Crippen molar-refractivity contribution >= 4 is 15.9 Å². The van der Waals surface area contributed by atoms with Crippen molar-refractivity contribution in [2.45, 2.75) is 12.5 Å². The number of rotatable bonds is 3. The van der Waals surface area contributed by atoms with Crippen molar-refractivity contribution in [1.29, 1.82) is 0 Å². The zero-order valence-corrected chi connectivity index (χ0v) is 11.0. The van der Waals surface area contributed by atoms with Crippen molar-refractivity contribution in [3.63, 3.8) is 0 Å². The minimum atomic E-state index is -0.264. The van der Waals surface area contributed by atoms with E-state index in [2.05, 4.69) is 20.9 Å². The SMILES string of the molecule is Cn1cncc1C(N)Cc1cccc(F)c1Br. The second kappa shape index (κ2) is 4.98. The van der Waals surface area contributed by atoms with E-state index in [-0.39, 0.29) is 11.9 Å². The summed E-state index contributed by atoms with van der Waals surface area (Å²) >= 11 is 3.24. The molecule has 90 valence electrons. The lowest BCUT2D eigenvalue weighted by molar-refractivity contribution is 0.609. The highest BCUT2D eigenvalue weighted by Crippen LogP contribution is 2.24. The van der Waals surface area contributed by atoms with Gasteiger partial charge in [-0.05, 0) is 34.0 Å². The number of hydrogen-bond acceptors (Lipinski definition) is 2.